The Morgan fingerprint density at radius 3 is 2.00 bits per heavy atom. The second kappa shape index (κ2) is 10.5. The SMILES string of the molecule is CC(C)c1cc(C(C)C)c(S(=O)(=O)NCCSC2CCOCC2)c(C(C)C)c1. The van der Waals surface area contributed by atoms with Crippen molar-refractivity contribution in [1.82, 2.24) is 4.72 Å². The van der Waals surface area contributed by atoms with Crippen molar-refractivity contribution in [3.05, 3.63) is 28.8 Å². The van der Waals surface area contributed by atoms with E-state index in [4.69, 9.17) is 4.74 Å². The highest BCUT2D eigenvalue weighted by Gasteiger charge is 2.26. The highest BCUT2D eigenvalue weighted by molar-refractivity contribution is 8.00. The molecule has 6 heteroatoms. The van der Waals surface area contributed by atoms with E-state index in [-0.39, 0.29) is 11.8 Å². The lowest BCUT2D eigenvalue weighted by atomic mass is 9.89. The number of thioether (sulfide) groups is 1. The van der Waals surface area contributed by atoms with E-state index in [1.807, 2.05) is 11.8 Å². The molecular formula is C22H37NO3S2. The second-order valence-corrected chi connectivity index (χ2v) is 11.7. The normalized spacial score (nSPS) is 16.5. The summed E-state index contributed by atoms with van der Waals surface area (Å²) < 4.78 is 34.8. The lowest BCUT2D eigenvalue weighted by Crippen LogP contribution is -2.29. The monoisotopic (exact) mass is 427 g/mol. The molecule has 160 valence electrons. The summed E-state index contributed by atoms with van der Waals surface area (Å²) in [4.78, 5) is 0.498. The van der Waals surface area contributed by atoms with Gasteiger partial charge in [0.25, 0.3) is 0 Å². The molecule has 0 radical (unpaired) electrons. The first-order valence-corrected chi connectivity index (χ1v) is 13.0. The van der Waals surface area contributed by atoms with Gasteiger partial charge < -0.3 is 4.74 Å². The number of nitrogens with one attached hydrogen (secondary N) is 1. The predicted octanol–water partition coefficient (Wildman–Crippen LogP) is 5.25. The summed E-state index contributed by atoms with van der Waals surface area (Å²) in [6, 6.07) is 4.18. The minimum atomic E-state index is -3.55. The Morgan fingerprint density at radius 2 is 1.54 bits per heavy atom. The van der Waals surface area contributed by atoms with E-state index in [0.717, 1.165) is 42.9 Å². The van der Waals surface area contributed by atoms with Gasteiger partial charge in [0.2, 0.25) is 10.0 Å². The van der Waals surface area contributed by atoms with Crippen LogP contribution >= 0.6 is 11.8 Å². The number of rotatable bonds is 9. The van der Waals surface area contributed by atoms with Gasteiger partial charge in [0, 0.05) is 30.8 Å². The molecule has 0 bridgehead atoms. The molecule has 1 heterocycles. The first-order chi connectivity index (χ1) is 13.1. The zero-order chi connectivity index (χ0) is 20.9. The van der Waals surface area contributed by atoms with E-state index in [2.05, 4.69) is 58.4 Å². The molecule has 0 spiro atoms. The minimum Gasteiger partial charge on any atom is -0.381 e. The quantitative estimate of drug-likeness (QED) is 0.547. The molecule has 0 atom stereocenters. The van der Waals surface area contributed by atoms with E-state index < -0.39 is 10.0 Å². The van der Waals surface area contributed by atoms with Crippen LogP contribution in [0.5, 0.6) is 0 Å². The standard InChI is InChI=1S/C22H37NO3S2/c1-15(2)18-13-20(16(3)4)22(21(14-18)17(5)6)28(24,25)23-9-12-27-19-7-10-26-11-8-19/h13-17,19,23H,7-12H2,1-6H3. The molecule has 28 heavy (non-hydrogen) atoms. The second-order valence-electron chi connectivity index (χ2n) is 8.57. The summed E-state index contributed by atoms with van der Waals surface area (Å²) in [5.74, 6) is 1.47. The third-order valence-corrected chi connectivity index (χ3v) is 8.24. The lowest BCUT2D eigenvalue weighted by molar-refractivity contribution is 0.100. The van der Waals surface area contributed by atoms with Crippen LogP contribution in [-0.4, -0.2) is 39.2 Å². The van der Waals surface area contributed by atoms with E-state index in [1.165, 1.54) is 5.56 Å². The van der Waals surface area contributed by atoms with Gasteiger partial charge in [-0.15, -0.1) is 0 Å². The highest BCUT2D eigenvalue weighted by atomic mass is 32.2. The molecule has 1 saturated heterocycles. The van der Waals surface area contributed by atoms with Crippen molar-refractivity contribution in [3.8, 4) is 0 Å². The number of sulfonamides is 1. The molecule has 1 aliphatic rings. The Balaban J connectivity index is 2.22. The van der Waals surface area contributed by atoms with Crippen LogP contribution in [0.2, 0.25) is 0 Å². The number of hydrogen-bond donors (Lipinski definition) is 1. The van der Waals surface area contributed by atoms with Crippen LogP contribution in [0.15, 0.2) is 17.0 Å². The van der Waals surface area contributed by atoms with Gasteiger partial charge in [-0.1, -0.05) is 53.7 Å². The Hall–Kier alpha value is -0.560. The molecular weight excluding hydrogens is 390 g/mol. The van der Waals surface area contributed by atoms with Crippen molar-refractivity contribution in [1.29, 1.82) is 0 Å². The maximum atomic E-state index is 13.3. The number of hydrogen-bond acceptors (Lipinski definition) is 4. The summed E-state index contributed by atoms with van der Waals surface area (Å²) in [5, 5.41) is 0.584. The van der Waals surface area contributed by atoms with Crippen LogP contribution in [0.3, 0.4) is 0 Å². The highest BCUT2D eigenvalue weighted by Crippen LogP contribution is 2.35. The molecule has 1 aliphatic heterocycles. The van der Waals surface area contributed by atoms with Gasteiger partial charge in [-0.05, 0) is 47.3 Å². The van der Waals surface area contributed by atoms with Gasteiger partial charge in [0.1, 0.15) is 0 Å². The minimum absolute atomic E-state index is 0.152. The summed E-state index contributed by atoms with van der Waals surface area (Å²) >= 11 is 1.85. The lowest BCUT2D eigenvalue weighted by Gasteiger charge is -2.23. The van der Waals surface area contributed by atoms with E-state index in [9.17, 15) is 8.42 Å². The Morgan fingerprint density at radius 1 is 1.00 bits per heavy atom. The van der Waals surface area contributed by atoms with Gasteiger partial charge in [-0.2, -0.15) is 11.8 Å². The average molecular weight is 428 g/mol. The molecule has 1 aromatic carbocycles. The van der Waals surface area contributed by atoms with Crippen molar-refractivity contribution < 1.29 is 13.2 Å². The van der Waals surface area contributed by atoms with Crippen LogP contribution in [0.1, 0.15) is 88.8 Å². The molecule has 0 amide bonds. The Labute approximate surface area is 176 Å². The van der Waals surface area contributed by atoms with Crippen LogP contribution < -0.4 is 4.72 Å². The van der Waals surface area contributed by atoms with Crippen LogP contribution in [0.25, 0.3) is 0 Å². The van der Waals surface area contributed by atoms with Crippen molar-refractivity contribution >= 4 is 21.8 Å². The fourth-order valence-corrected chi connectivity index (χ4v) is 6.45. The third-order valence-electron chi connectivity index (χ3n) is 5.26. The largest absolute Gasteiger partial charge is 0.381 e. The first kappa shape index (κ1) is 23.7. The maximum absolute atomic E-state index is 13.3. The molecule has 1 fully saturated rings. The number of benzene rings is 1. The maximum Gasteiger partial charge on any atom is 0.241 e. The van der Waals surface area contributed by atoms with E-state index >= 15 is 0 Å². The van der Waals surface area contributed by atoms with Gasteiger partial charge in [0.05, 0.1) is 4.90 Å². The topological polar surface area (TPSA) is 55.4 Å². The molecule has 0 aromatic heterocycles. The third kappa shape index (κ3) is 6.22. The predicted molar refractivity (Wildman–Crippen MR) is 120 cm³/mol. The smallest absolute Gasteiger partial charge is 0.241 e. The molecule has 1 N–H and O–H groups in total. The van der Waals surface area contributed by atoms with E-state index in [0.29, 0.717) is 22.6 Å². The van der Waals surface area contributed by atoms with E-state index in [1.54, 1.807) is 0 Å². The molecule has 0 aliphatic carbocycles. The van der Waals surface area contributed by atoms with Crippen molar-refractivity contribution in [2.45, 2.75) is 82.3 Å². The van der Waals surface area contributed by atoms with Gasteiger partial charge in [-0.25, -0.2) is 13.1 Å². The number of ether oxygens (including phenoxy) is 1. The Bertz CT molecular complexity index is 707. The van der Waals surface area contributed by atoms with Crippen molar-refractivity contribution in [2.75, 3.05) is 25.5 Å². The van der Waals surface area contributed by atoms with Gasteiger partial charge in [0.15, 0.2) is 0 Å². The van der Waals surface area contributed by atoms with Crippen molar-refractivity contribution in [2.24, 2.45) is 0 Å². The molecule has 2 rings (SSSR count). The van der Waals surface area contributed by atoms with Crippen LogP contribution in [0, 0.1) is 0 Å². The average Bonchev–Trinajstić information content (AvgIpc) is 2.64. The Kier molecular flexibility index (Phi) is 8.86. The van der Waals surface area contributed by atoms with Gasteiger partial charge in [-0.3, -0.25) is 0 Å². The van der Waals surface area contributed by atoms with Crippen LogP contribution in [-0.2, 0) is 14.8 Å². The van der Waals surface area contributed by atoms with Crippen LogP contribution in [0.4, 0.5) is 0 Å². The fraction of sp³-hybridized carbons (Fsp3) is 0.727. The zero-order valence-electron chi connectivity index (χ0n) is 18.2. The molecule has 4 nitrogen and oxygen atoms in total. The summed E-state index contributed by atoms with van der Waals surface area (Å²) in [6.45, 7) is 14.7. The molecule has 0 saturated carbocycles. The molecule has 0 unspecified atom stereocenters. The summed E-state index contributed by atoms with van der Waals surface area (Å²) in [5.41, 5.74) is 3.07. The molecule has 1 aromatic rings. The fourth-order valence-electron chi connectivity index (χ4n) is 3.52. The summed E-state index contributed by atoms with van der Waals surface area (Å²) in [7, 11) is -3.55. The van der Waals surface area contributed by atoms with Crippen molar-refractivity contribution in [3.63, 3.8) is 0 Å². The zero-order valence-corrected chi connectivity index (χ0v) is 19.9. The summed E-state index contributed by atoms with van der Waals surface area (Å²) in [6.07, 6.45) is 2.12. The van der Waals surface area contributed by atoms with Gasteiger partial charge >= 0.3 is 0 Å². The first-order valence-electron chi connectivity index (χ1n) is 10.5.